The number of alkyl halides is 3. The summed E-state index contributed by atoms with van der Waals surface area (Å²) in [4.78, 5) is 4.49. The smallest absolute Gasteiger partial charge is 0.283 e. The van der Waals surface area contributed by atoms with Crippen LogP contribution in [0.25, 0.3) is 0 Å². The lowest BCUT2D eigenvalue weighted by Crippen LogP contribution is -2.40. The number of halogens is 3. The molecule has 178 valence electrons. The third kappa shape index (κ3) is 7.84. The molecule has 0 saturated carbocycles. The predicted molar refractivity (Wildman–Crippen MR) is 142 cm³/mol. The number of sulfonamides is 1. The average Bonchev–Trinajstić information content (AvgIpc) is 2.77. The topological polar surface area (TPSA) is 70.9 Å². The maximum Gasteiger partial charge on any atom is 0.283 e. The number of rotatable bonds is 6. The van der Waals surface area contributed by atoms with Gasteiger partial charge in [0.05, 0.1) is 11.4 Å². The van der Waals surface area contributed by atoms with Crippen molar-refractivity contribution in [2.45, 2.75) is 35.5 Å². The minimum Gasteiger partial charge on any atom is -0.328 e. The molecule has 0 saturated heterocycles. The molecular formula is C25H24Cl3N3O2S. The highest BCUT2D eigenvalue weighted by molar-refractivity contribution is 7.90. The van der Waals surface area contributed by atoms with Gasteiger partial charge in [-0.05, 0) is 37.1 Å². The first-order valence-electron chi connectivity index (χ1n) is 10.4. The van der Waals surface area contributed by atoms with E-state index >= 15 is 0 Å². The largest absolute Gasteiger partial charge is 0.328 e. The summed E-state index contributed by atoms with van der Waals surface area (Å²) in [5.74, 6) is 0.0626. The van der Waals surface area contributed by atoms with Gasteiger partial charge in [0.25, 0.3) is 10.0 Å². The van der Waals surface area contributed by atoms with Gasteiger partial charge in [-0.1, -0.05) is 113 Å². The zero-order valence-corrected chi connectivity index (χ0v) is 21.8. The number of aryl methyl sites for hydroxylation is 2. The summed E-state index contributed by atoms with van der Waals surface area (Å²) < 4.78 is 28.2. The number of amidine groups is 2. The summed E-state index contributed by atoms with van der Waals surface area (Å²) in [5.41, 5.74) is 3.79. The molecule has 9 heteroatoms. The van der Waals surface area contributed by atoms with Crippen molar-refractivity contribution >= 4 is 56.5 Å². The maximum absolute atomic E-state index is 13.0. The van der Waals surface area contributed by atoms with E-state index in [0.29, 0.717) is 0 Å². The third-order valence-electron chi connectivity index (χ3n) is 4.84. The van der Waals surface area contributed by atoms with E-state index in [9.17, 15) is 8.42 Å². The Labute approximate surface area is 215 Å². The summed E-state index contributed by atoms with van der Waals surface area (Å²) in [6.07, 6.45) is 0.163. The van der Waals surface area contributed by atoms with E-state index in [-0.39, 0.29) is 29.5 Å². The fourth-order valence-corrected chi connectivity index (χ4v) is 4.30. The number of nitrogens with one attached hydrogen (secondary N) is 1. The van der Waals surface area contributed by atoms with Crippen LogP contribution in [0.15, 0.2) is 93.1 Å². The first-order valence-corrected chi connectivity index (χ1v) is 13.0. The molecule has 0 aliphatic heterocycles. The van der Waals surface area contributed by atoms with Crippen LogP contribution in [-0.4, -0.2) is 23.9 Å². The van der Waals surface area contributed by atoms with Gasteiger partial charge in [0.15, 0.2) is 5.84 Å². The molecule has 34 heavy (non-hydrogen) atoms. The second kappa shape index (κ2) is 11.4. The molecule has 0 aliphatic rings. The fourth-order valence-electron chi connectivity index (χ4n) is 3.00. The van der Waals surface area contributed by atoms with E-state index in [1.165, 1.54) is 12.1 Å². The van der Waals surface area contributed by atoms with Crippen LogP contribution < -0.4 is 5.32 Å². The molecule has 3 aromatic carbocycles. The van der Waals surface area contributed by atoms with Gasteiger partial charge in [0, 0.05) is 6.42 Å². The van der Waals surface area contributed by atoms with Crippen molar-refractivity contribution in [2.24, 2.45) is 9.39 Å². The van der Waals surface area contributed by atoms with Crippen LogP contribution >= 0.6 is 34.8 Å². The van der Waals surface area contributed by atoms with Crippen LogP contribution in [0.5, 0.6) is 0 Å². The Hall–Kier alpha value is -2.38. The van der Waals surface area contributed by atoms with E-state index in [1.54, 1.807) is 12.1 Å². The lowest BCUT2D eigenvalue weighted by molar-refractivity contribution is 0.598. The van der Waals surface area contributed by atoms with Crippen LogP contribution in [0.4, 0.5) is 0 Å². The van der Waals surface area contributed by atoms with Crippen molar-refractivity contribution in [1.29, 1.82) is 0 Å². The number of hydrogen-bond acceptors (Lipinski definition) is 3. The van der Waals surface area contributed by atoms with Crippen molar-refractivity contribution < 1.29 is 8.42 Å². The van der Waals surface area contributed by atoms with Gasteiger partial charge in [-0.2, -0.15) is 8.42 Å². The molecule has 0 aliphatic carbocycles. The molecule has 0 fully saturated rings. The Morgan fingerprint density at radius 1 is 0.824 bits per heavy atom. The van der Waals surface area contributed by atoms with Crippen molar-refractivity contribution in [2.75, 3.05) is 0 Å². The Morgan fingerprint density at radius 3 is 1.94 bits per heavy atom. The molecule has 0 heterocycles. The van der Waals surface area contributed by atoms with E-state index < -0.39 is 13.8 Å². The molecule has 0 aromatic heterocycles. The summed E-state index contributed by atoms with van der Waals surface area (Å²) >= 11 is 18.5. The zero-order valence-electron chi connectivity index (χ0n) is 18.7. The van der Waals surface area contributed by atoms with Crippen LogP contribution in [-0.2, 0) is 23.0 Å². The third-order valence-corrected chi connectivity index (χ3v) is 6.70. The monoisotopic (exact) mass is 535 g/mol. The number of aliphatic imine (C=N–C) groups is 1. The molecule has 3 rings (SSSR count). The van der Waals surface area contributed by atoms with Gasteiger partial charge in [0.1, 0.15) is 5.84 Å². The highest BCUT2D eigenvalue weighted by Gasteiger charge is 2.30. The molecule has 0 bridgehead atoms. The molecular weight excluding hydrogens is 513 g/mol. The summed E-state index contributed by atoms with van der Waals surface area (Å²) in [5, 5.41) is 2.89. The minimum atomic E-state index is -4.02. The first-order chi connectivity index (χ1) is 16.0. The zero-order chi connectivity index (χ0) is 24.8. The Morgan fingerprint density at radius 2 is 1.38 bits per heavy atom. The van der Waals surface area contributed by atoms with E-state index in [2.05, 4.69) is 14.7 Å². The van der Waals surface area contributed by atoms with Gasteiger partial charge >= 0.3 is 0 Å². The number of hydrogen-bond donors (Lipinski definition) is 1. The van der Waals surface area contributed by atoms with Crippen LogP contribution in [0.2, 0.25) is 0 Å². The first kappa shape index (κ1) is 26.2. The quantitative estimate of drug-likeness (QED) is 0.232. The molecule has 0 radical (unpaired) electrons. The summed E-state index contributed by atoms with van der Waals surface area (Å²) in [6.45, 7) is 4.10. The number of nitrogens with zero attached hydrogens (tertiary/aromatic N) is 2. The lowest BCUT2D eigenvalue weighted by atomic mass is 10.1. The molecule has 0 amide bonds. The predicted octanol–water partition coefficient (Wildman–Crippen LogP) is 6.19. The van der Waals surface area contributed by atoms with Crippen molar-refractivity contribution in [3.63, 3.8) is 0 Å². The van der Waals surface area contributed by atoms with Gasteiger partial charge < -0.3 is 5.32 Å². The van der Waals surface area contributed by atoms with Crippen molar-refractivity contribution in [1.82, 2.24) is 5.32 Å². The second-order valence-electron chi connectivity index (χ2n) is 7.76. The van der Waals surface area contributed by atoms with Crippen LogP contribution in [0, 0.1) is 13.8 Å². The average molecular weight is 537 g/mol. The SMILES string of the molecule is Cc1ccc(CN=C(N/C(Cc2ccccc2)=N/S(=O)(=O)c2ccc(C)cc2)C(Cl)(Cl)Cl)cc1. The second-order valence-corrected chi connectivity index (χ2v) is 11.6. The van der Waals surface area contributed by atoms with Gasteiger partial charge in [-0.15, -0.1) is 4.40 Å². The Kier molecular flexibility index (Phi) is 8.77. The molecule has 0 atom stereocenters. The van der Waals surface area contributed by atoms with Crippen molar-refractivity contribution in [3.8, 4) is 0 Å². The van der Waals surface area contributed by atoms with Gasteiger partial charge in [0.2, 0.25) is 3.79 Å². The lowest BCUT2D eigenvalue weighted by Gasteiger charge is -2.18. The number of benzene rings is 3. The van der Waals surface area contributed by atoms with Crippen LogP contribution in [0.3, 0.4) is 0 Å². The Balaban J connectivity index is 1.97. The fraction of sp³-hybridized carbons (Fsp3) is 0.200. The minimum absolute atomic E-state index is 0.0214. The molecule has 3 aromatic rings. The Bertz CT molecular complexity index is 1270. The van der Waals surface area contributed by atoms with Gasteiger partial charge in [-0.25, -0.2) is 0 Å². The summed E-state index contributed by atoms with van der Waals surface area (Å²) in [7, 11) is -4.02. The molecule has 0 spiro atoms. The highest BCUT2D eigenvalue weighted by Crippen LogP contribution is 2.28. The van der Waals surface area contributed by atoms with Gasteiger partial charge in [-0.3, -0.25) is 4.99 Å². The molecule has 5 nitrogen and oxygen atoms in total. The van der Waals surface area contributed by atoms with E-state index in [4.69, 9.17) is 34.8 Å². The van der Waals surface area contributed by atoms with Crippen LogP contribution in [0.1, 0.15) is 22.3 Å². The van der Waals surface area contributed by atoms with Crippen molar-refractivity contribution in [3.05, 3.63) is 101 Å². The molecule has 1 N–H and O–H groups in total. The highest BCUT2D eigenvalue weighted by atomic mass is 35.6. The standard InChI is InChI=1S/C25H24Cl3N3O2S/c1-18-8-12-21(13-9-18)17-29-24(25(26,27)28)30-23(16-20-6-4-3-5-7-20)31-34(32,33)22-14-10-19(2)11-15-22/h3-15H,16-17H2,1-2H3,(H,29,30,31). The van der Waals surface area contributed by atoms with E-state index in [0.717, 1.165) is 22.3 Å². The van der Waals surface area contributed by atoms with E-state index in [1.807, 2.05) is 68.4 Å². The maximum atomic E-state index is 13.0. The molecule has 0 unspecified atom stereocenters. The summed E-state index contributed by atoms with van der Waals surface area (Å²) in [6, 6.07) is 23.5. The normalized spacial score (nSPS) is 13.1.